The molecule has 0 aliphatic rings. The summed E-state index contributed by atoms with van der Waals surface area (Å²) in [6, 6.07) is 8.96. The molecule has 1 rings (SSSR count). The number of nitrogens with two attached hydrogens (primary N) is 1. The van der Waals surface area contributed by atoms with Gasteiger partial charge in [-0.1, -0.05) is 32.9 Å². The number of amides is 1. The van der Waals surface area contributed by atoms with Gasteiger partial charge in [-0.25, -0.2) is 0 Å². The van der Waals surface area contributed by atoms with E-state index in [0.29, 0.717) is 5.69 Å². The number of hydrogen-bond donors (Lipinski definition) is 2. The quantitative estimate of drug-likeness (QED) is 0.888. The van der Waals surface area contributed by atoms with E-state index in [1.165, 1.54) is 0 Å². The summed E-state index contributed by atoms with van der Waals surface area (Å²) in [5.41, 5.74) is 6.69. The summed E-state index contributed by atoms with van der Waals surface area (Å²) in [5.74, 6) is -0.204. The number of rotatable bonds is 3. The Bertz CT molecular complexity index is 518. The van der Waals surface area contributed by atoms with E-state index in [1.54, 1.807) is 12.1 Å². The van der Waals surface area contributed by atoms with E-state index in [1.807, 2.05) is 46.8 Å². The zero-order valence-corrected chi connectivity index (χ0v) is 12.8. The second-order valence-corrected chi connectivity index (χ2v) is 6.65. The fourth-order valence-corrected chi connectivity index (χ4v) is 1.65. The molecule has 0 saturated carbocycles. The first-order valence-corrected chi connectivity index (χ1v) is 6.66. The molecule has 4 nitrogen and oxygen atoms in total. The highest BCUT2D eigenvalue weighted by Gasteiger charge is 2.27. The van der Waals surface area contributed by atoms with Gasteiger partial charge in [-0.15, -0.1) is 0 Å². The van der Waals surface area contributed by atoms with E-state index in [-0.39, 0.29) is 11.3 Å². The number of benzene rings is 1. The monoisotopic (exact) mass is 273 g/mol. The molecule has 108 valence electrons. The molecule has 20 heavy (non-hydrogen) atoms. The van der Waals surface area contributed by atoms with Crippen LogP contribution in [0.3, 0.4) is 0 Å². The van der Waals surface area contributed by atoms with Gasteiger partial charge in [0.05, 0.1) is 17.5 Å². The van der Waals surface area contributed by atoms with E-state index < -0.39 is 11.5 Å². The highest BCUT2D eigenvalue weighted by Crippen LogP contribution is 2.24. The van der Waals surface area contributed by atoms with Gasteiger partial charge >= 0.3 is 0 Å². The Balaban J connectivity index is 2.82. The molecule has 0 saturated heterocycles. The van der Waals surface area contributed by atoms with Gasteiger partial charge in [-0.3, -0.25) is 4.79 Å². The second-order valence-electron chi connectivity index (χ2n) is 6.65. The second kappa shape index (κ2) is 5.64. The van der Waals surface area contributed by atoms with Crippen LogP contribution >= 0.6 is 0 Å². The lowest BCUT2D eigenvalue weighted by Crippen LogP contribution is -2.45. The van der Waals surface area contributed by atoms with Gasteiger partial charge in [0.15, 0.2) is 0 Å². The summed E-state index contributed by atoms with van der Waals surface area (Å²) in [6.45, 7) is 9.49. The van der Waals surface area contributed by atoms with Crippen molar-refractivity contribution in [2.45, 2.75) is 46.1 Å². The van der Waals surface area contributed by atoms with Crippen LogP contribution in [0.25, 0.3) is 0 Å². The van der Waals surface area contributed by atoms with E-state index in [4.69, 9.17) is 11.0 Å². The number of carbonyl (C=O) groups excluding carboxylic acids is 1. The van der Waals surface area contributed by atoms with Gasteiger partial charge in [0.25, 0.3) is 0 Å². The lowest BCUT2D eigenvalue weighted by atomic mass is 9.86. The number of carbonyl (C=O) groups is 1. The van der Waals surface area contributed by atoms with Crippen LogP contribution in [0.1, 0.15) is 40.2 Å². The first-order valence-electron chi connectivity index (χ1n) is 6.66. The van der Waals surface area contributed by atoms with Gasteiger partial charge in [0, 0.05) is 5.69 Å². The normalized spacial score (nSPS) is 13.4. The van der Waals surface area contributed by atoms with Crippen LogP contribution in [-0.4, -0.2) is 11.9 Å². The lowest BCUT2D eigenvalue weighted by molar-refractivity contribution is -0.119. The van der Waals surface area contributed by atoms with Crippen LogP contribution in [0.2, 0.25) is 0 Å². The van der Waals surface area contributed by atoms with Crippen molar-refractivity contribution in [1.29, 1.82) is 5.26 Å². The van der Waals surface area contributed by atoms with Gasteiger partial charge < -0.3 is 11.1 Å². The number of nitrogens with one attached hydrogen (secondary N) is 1. The summed E-state index contributed by atoms with van der Waals surface area (Å²) >= 11 is 0. The molecule has 0 bridgehead atoms. The van der Waals surface area contributed by atoms with Crippen LogP contribution in [0.4, 0.5) is 5.69 Å². The number of anilines is 1. The summed E-state index contributed by atoms with van der Waals surface area (Å²) in [7, 11) is 0. The molecule has 4 heteroatoms. The third kappa shape index (κ3) is 3.82. The highest BCUT2D eigenvalue weighted by atomic mass is 16.2. The van der Waals surface area contributed by atoms with E-state index >= 15 is 0 Å². The molecule has 1 unspecified atom stereocenters. The van der Waals surface area contributed by atoms with E-state index in [9.17, 15) is 4.79 Å². The van der Waals surface area contributed by atoms with Crippen LogP contribution < -0.4 is 11.1 Å². The Labute approximate surface area is 121 Å². The predicted octanol–water partition coefficient (Wildman–Crippen LogP) is 2.80. The fourth-order valence-electron chi connectivity index (χ4n) is 1.65. The predicted molar refractivity (Wildman–Crippen MR) is 81.1 cm³/mol. The number of nitriles is 1. The Morgan fingerprint density at radius 1 is 1.20 bits per heavy atom. The Kier molecular flexibility index (Phi) is 4.57. The largest absolute Gasteiger partial charge is 0.325 e. The van der Waals surface area contributed by atoms with Crippen molar-refractivity contribution >= 4 is 11.6 Å². The molecule has 1 atom stereocenters. The van der Waals surface area contributed by atoms with Crippen molar-refractivity contribution in [2.75, 3.05) is 5.32 Å². The van der Waals surface area contributed by atoms with E-state index in [2.05, 4.69) is 11.4 Å². The molecule has 1 aromatic carbocycles. The first-order chi connectivity index (χ1) is 9.08. The lowest BCUT2D eigenvalue weighted by Gasteiger charge is -2.26. The van der Waals surface area contributed by atoms with Crippen molar-refractivity contribution in [3.8, 4) is 6.07 Å². The van der Waals surface area contributed by atoms with Crippen molar-refractivity contribution < 1.29 is 4.79 Å². The molecule has 0 aromatic heterocycles. The number of hydrogen-bond acceptors (Lipinski definition) is 3. The van der Waals surface area contributed by atoms with Gasteiger partial charge in [0.2, 0.25) is 5.91 Å². The zero-order valence-electron chi connectivity index (χ0n) is 12.8. The SMILES string of the molecule is CC(C)(C#N)c1ccc(NC(=O)C(N)C(C)(C)C)cc1. The third-order valence-electron chi connectivity index (χ3n) is 3.37. The minimum atomic E-state index is -0.572. The molecule has 0 radical (unpaired) electrons. The molecule has 0 fully saturated rings. The minimum Gasteiger partial charge on any atom is -0.325 e. The molecule has 0 aliphatic carbocycles. The summed E-state index contributed by atoms with van der Waals surface area (Å²) in [4.78, 5) is 12.0. The maximum Gasteiger partial charge on any atom is 0.241 e. The average Bonchev–Trinajstić information content (AvgIpc) is 2.37. The Morgan fingerprint density at radius 2 is 1.70 bits per heavy atom. The first kappa shape index (κ1) is 16.2. The van der Waals surface area contributed by atoms with Crippen molar-refractivity contribution in [3.05, 3.63) is 29.8 Å². The smallest absolute Gasteiger partial charge is 0.241 e. The maximum absolute atomic E-state index is 12.0. The summed E-state index contributed by atoms with van der Waals surface area (Å²) in [5, 5.41) is 11.9. The summed E-state index contributed by atoms with van der Waals surface area (Å²) in [6.07, 6.45) is 0. The molecule has 0 aliphatic heterocycles. The van der Waals surface area contributed by atoms with Crippen molar-refractivity contribution in [2.24, 2.45) is 11.1 Å². The maximum atomic E-state index is 12.0. The van der Waals surface area contributed by atoms with Crippen LogP contribution in [0.5, 0.6) is 0 Å². The molecular formula is C16H23N3O. The highest BCUT2D eigenvalue weighted by molar-refractivity contribution is 5.95. The average molecular weight is 273 g/mol. The summed E-state index contributed by atoms with van der Waals surface area (Å²) < 4.78 is 0. The zero-order chi connectivity index (χ0) is 15.6. The molecular weight excluding hydrogens is 250 g/mol. The standard InChI is InChI=1S/C16H23N3O/c1-15(2,3)13(18)14(20)19-12-8-6-11(7-9-12)16(4,5)10-17/h6-9,13H,18H2,1-5H3,(H,19,20). The molecule has 1 aromatic rings. The van der Waals surface area contributed by atoms with Gasteiger partial charge in [-0.2, -0.15) is 5.26 Å². The van der Waals surface area contributed by atoms with Crippen LogP contribution in [0.15, 0.2) is 24.3 Å². The van der Waals surface area contributed by atoms with Crippen LogP contribution in [-0.2, 0) is 10.2 Å². The van der Waals surface area contributed by atoms with E-state index in [0.717, 1.165) is 5.56 Å². The van der Waals surface area contributed by atoms with Crippen molar-refractivity contribution in [1.82, 2.24) is 0 Å². The van der Waals surface area contributed by atoms with Gasteiger partial charge in [0.1, 0.15) is 0 Å². The fraction of sp³-hybridized carbons (Fsp3) is 0.500. The Morgan fingerprint density at radius 3 is 2.10 bits per heavy atom. The number of nitrogens with zero attached hydrogens (tertiary/aromatic N) is 1. The molecule has 3 N–H and O–H groups in total. The Hall–Kier alpha value is -1.86. The van der Waals surface area contributed by atoms with Crippen molar-refractivity contribution in [3.63, 3.8) is 0 Å². The molecule has 0 spiro atoms. The van der Waals surface area contributed by atoms with Crippen LogP contribution in [0, 0.1) is 16.7 Å². The topological polar surface area (TPSA) is 78.9 Å². The third-order valence-corrected chi connectivity index (χ3v) is 3.37. The molecule has 0 heterocycles. The molecule has 1 amide bonds. The van der Waals surface area contributed by atoms with Gasteiger partial charge in [-0.05, 0) is 37.0 Å². The minimum absolute atomic E-state index is 0.204.